The van der Waals surface area contributed by atoms with Gasteiger partial charge in [-0.25, -0.2) is 0 Å². The van der Waals surface area contributed by atoms with Crippen LogP contribution in [0.1, 0.15) is 65.7 Å². The number of rotatable bonds is 0. The van der Waals surface area contributed by atoms with Gasteiger partial charge in [0, 0.05) is 6.04 Å². The monoisotopic (exact) mass is 333 g/mol. The zero-order chi connectivity index (χ0) is 17.3. The largest absolute Gasteiger partial charge is 0.390 e. The Morgan fingerprint density at radius 1 is 1.00 bits per heavy atom. The summed E-state index contributed by atoms with van der Waals surface area (Å²) in [5.41, 5.74) is 8.20. The van der Waals surface area contributed by atoms with Crippen LogP contribution >= 0.6 is 0 Å². The van der Waals surface area contributed by atoms with Gasteiger partial charge in [-0.1, -0.05) is 25.5 Å². The van der Waals surface area contributed by atoms with Crippen LogP contribution in [0, 0.1) is 34.5 Å². The molecule has 3 heteroatoms. The number of hydrogen-bond donors (Lipinski definition) is 3. The predicted octanol–water partition coefficient (Wildman–Crippen LogP) is 3.24. The molecule has 4 saturated carbocycles. The van der Waals surface area contributed by atoms with Crippen LogP contribution < -0.4 is 5.73 Å². The van der Waals surface area contributed by atoms with Crippen molar-refractivity contribution in [2.24, 2.45) is 40.2 Å². The van der Waals surface area contributed by atoms with Crippen molar-refractivity contribution in [3.8, 4) is 0 Å². The van der Waals surface area contributed by atoms with Crippen LogP contribution in [0.2, 0.25) is 0 Å². The minimum absolute atomic E-state index is 0.152. The van der Waals surface area contributed by atoms with Gasteiger partial charge < -0.3 is 15.9 Å². The van der Waals surface area contributed by atoms with E-state index < -0.39 is 12.2 Å². The Labute approximate surface area is 146 Å². The molecule has 1 unspecified atom stereocenters. The molecule has 4 fully saturated rings. The van der Waals surface area contributed by atoms with E-state index in [-0.39, 0.29) is 28.7 Å². The van der Waals surface area contributed by atoms with Crippen molar-refractivity contribution in [2.45, 2.75) is 84.0 Å². The SMILES string of the molecule is C/C=C1/CC[C@H]2[C@@H]3[C@@H](O)[C@H](O)C4C[C@@H](N)CC[C@]4(C)[C@H]3CC[C@]12C. The topological polar surface area (TPSA) is 66.5 Å². The summed E-state index contributed by atoms with van der Waals surface area (Å²) < 4.78 is 0. The lowest BCUT2D eigenvalue weighted by Crippen LogP contribution is -2.64. The average molecular weight is 334 g/mol. The van der Waals surface area contributed by atoms with Crippen molar-refractivity contribution < 1.29 is 10.2 Å². The van der Waals surface area contributed by atoms with E-state index in [4.69, 9.17) is 5.73 Å². The molecular formula is C21H35NO2. The van der Waals surface area contributed by atoms with Gasteiger partial charge in [0.1, 0.15) is 0 Å². The number of allylic oxidation sites excluding steroid dienone is 2. The van der Waals surface area contributed by atoms with Gasteiger partial charge in [0.2, 0.25) is 0 Å². The minimum atomic E-state index is -0.598. The lowest BCUT2D eigenvalue weighted by atomic mass is 9.43. The van der Waals surface area contributed by atoms with E-state index in [0.717, 1.165) is 19.3 Å². The van der Waals surface area contributed by atoms with Crippen LogP contribution in [0.5, 0.6) is 0 Å². The second-order valence-corrected chi connectivity index (χ2v) is 9.73. The predicted molar refractivity (Wildman–Crippen MR) is 96.2 cm³/mol. The van der Waals surface area contributed by atoms with Gasteiger partial charge in [-0.05, 0) is 86.4 Å². The maximum atomic E-state index is 11.1. The third-order valence-corrected chi connectivity index (χ3v) is 8.99. The summed E-state index contributed by atoms with van der Waals surface area (Å²) >= 11 is 0. The fourth-order valence-electron chi connectivity index (χ4n) is 7.61. The third-order valence-electron chi connectivity index (χ3n) is 8.99. The molecule has 0 aromatic heterocycles. The van der Waals surface area contributed by atoms with Crippen LogP contribution in [-0.2, 0) is 0 Å². The highest BCUT2D eigenvalue weighted by atomic mass is 16.3. The lowest BCUT2D eigenvalue weighted by Gasteiger charge is -2.63. The Bertz CT molecular complexity index is 546. The lowest BCUT2D eigenvalue weighted by molar-refractivity contribution is -0.210. The molecule has 9 atom stereocenters. The molecule has 0 aromatic carbocycles. The maximum Gasteiger partial charge on any atom is 0.0836 e. The van der Waals surface area contributed by atoms with E-state index in [9.17, 15) is 10.2 Å². The normalized spacial score (nSPS) is 58.9. The van der Waals surface area contributed by atoms with Gasteiger partial charge >= 0.3 is 0 Å². The van der Waals surface area contributed by atoms with Gasteiger partial charge in [-0.2, -0.15) is 0 Å². The molecule has 4 aliphatic rings. The molecule has 3 nitrogen and oxygen atoms in total. The number of fused-ring (bicyclic) bond motifs is 5. The highest BCUT2D eigenvalue weighted by molar-refractivity contribution is 5.25. The van der Waals surface area contributed by atoms with Crippen LogP contribution in [0.15, 0.2) is 11.6 Å². The van der Waals surface area contributed by atoms with Crippen LogP contribution in [0.25, 0.3) is 0 Å². The molecule has 0 radical (unpaired) electrons. The van der Waals surface area contributed by atoms with Crippen molar-refractivity contribution in [3.05, 3.63) is 11.6 Å². The Morgan fingerprint density at radius 3 is 2.46 bits per heavy atom. The molecule has 4 rings (SSSR count). The van der Waals surface area contributed by atoms with Gasteiger partial charge in [-0.3, -0.25) is 0 Å². The first kappa shape index (κ1) is 17.1. The highest BCUT2D eigenvalue weighted by Gasteiger charge is 2.63. The van der Waals surface area contributed by atoms with Crippen molar-refractivity contribution >= 4 is 0 Å². The first-order valence-electron chi connectivity index (χ1n) is 10.1. The fourth-order valence-corrected chi connectivity index (χ4v) is 7.61. The smallest absolute Gasteiger partial charge is 0.0836 e. The summed E-state index contributed by atoms with van der Waals surface area (Å²) in [6, 6.07) is 0.191. The van der Waals surface area contributed by atoms with E-state index in [1.807, 2.05) is 0 Å². The molecule has 0 heterocycles. The zero-order valence-electron chi connectivity index (χ0n) is 15.5. The minimum Gasteiger partial charge on any atom is -0.390 e. The van der Waals surface area contributed by atoms with Crippen molar-refractivity contribution in [1.29, 1.82) is 0 Å². The van der Waals surface area contributed by atoms with E-state index in [1.165, 1.54) is 25.7 Å². The summed E-state index contributed by atoms with van der Waals surface area (Å²) in [7, 11) is 0. The van der Waals surface area contributed by atoms with Gasteiger partial charge in [-0.15, -0.1) is 0 Å². The Kier molecular flexibility index (Phi) is 3.95. The van der Waals surface area contributed by atoms with E-state index in [0.29, 0.717) is 11.8 Å². The molecule has 0 aliphatic heterocycles. The molecule has 136 valence electrons. The molecule has 0 spiro atoms. The summed E-state index contributed by atoms with van der Waals surface area (Å²) in [4.78, 5) is 0. The average Bonchev–Trinajstić information content (AvgIpc) is 2.90. The first-order chi connectivity index (χ1) is 11.3. The second-order valence-electron chi connectivity index (χ2n) is 9.73. The van der Waals surface area contributed by atoms with E-state index in [1.54, 1.807) is 5.57 Å². The van der Waals surface area contributed by atoms with Gasteiger partial charge in [0.15, 0.2) is 0 Å². The Hall–Kier alpha value is -0.380. The van der Waals surface area contributed by atoms with Crippen molar-refractivity contribution in [1.82, 2.24) is 0 Å². The molecule has 0 saturated heterocycles. The summed E-state index contributed by atoms with van der Waals surface area (Å²) in [6.45, 7) is 6.98. The maximum absolute atomic E-state index is 11.1. The second kappa shape index (κ2) is 5.56. The Balaban J connectivity index is 1.73. The van der Waals surface area contributed by atoms with Crippen molar-refractivity contribution in [3.63, 3.8) is 0 Å². The molecule has 4 N–H and O–H groups in total. The van der Waals surface area contributed by atoms with E-state index >= 15 is 0 Å². The fraction of sp³-hybridized carbons (Fsp3) is 0.905. The quantitative estimate of drug-likeness (QED) is 0.596. The van der Waals surface area contributed by atoms with Gasteiger partial charge in [0.25, 0.3) is 0 Å². The molecule has 0 aromatic rings. The standard InChI is InChI=1S/C21H35NO2/c1-4-12-5-6-14-17-15(8-10-20(12,14)2)21(3)9-7-13(22)11-16(21)18(23)19(17)24/h4,13-19,23-24H,5-11,22H2,1-3H3/b12-4-/t13-,14-,15-,16?,17-,18+,19+,20+,21+/m0/s1. The Morgan fingerprint density at radius 2 is 1.75 bits per heavy atom. The molecule has 4 aliphatic carbocycles. The van der Waals surface area contributed by atoms with E-state index in [2.05, 4.69) is 26.8 Å². The number of aliphatic hydroxyl groups excluding tert-OH is 2. The number of aliphatic hydroxyl groups is 2. The van der Waals surface area contributed by atoms with Crippen LogP contribution in [0.4, 0.5) is 0 Å². The molecule has 0 amide bonds. The number of hydrogen-bond acceptors (Lipinski definition) is 3. The number of nitrogens with two attached hydrogens (primary N) is 1. The molecule has 0 bridgehead atoms. The van der Waals surface area contributed by atoms with Crippen molar-refractivity contribution in [2.75, 3.05) is 0 Å². The van der Waals surface area contributed by atoms with Crippen LogP contribution in [-0.4, -0.2) is 28.5 Å². The highest BCUT2D eigenvalue weighted by Crippen LogP contribution is 2.67. The van der Waals surface area contributed by atoms with Crippen LogP contribution in [0.3, 0.4) is 0 Å². The van der Waals surface area contributed by atoms with Gasteiger partial charge in [0.05, 0.1) is 12.2 Å². The summed E-state index contributed by atoms with van der Waals surface area (Å²) in [6.07, 6.45) is 9.01. The summed E-state index contributed by atoms with van der Waals surface area (Å²) in [5, 5.41) is 22.1. The summed E-state index contributed by atoms with van der Waals surface area (Å²) in [5.74, 6) is 1.50. The molecule has 24 heavy (non-hydrogen) atoms. The molecular weight excluding hydrogens is 298 g/mol. The third kappa shape index (κ3) is 2.07. The zero-order valence-corrected chi connectivity index (χ0v) is 15.5. The first-order valence-corrected chi connectivity index (χ1v) is 10.1.